The first-order chi connectivity index (χ1) is 14.1. The SMILES string of the molecule is CN1CCN([C@@H]2C[C@@H]3CN(C(=O)c4cc5ccccc5cn4)C[C@@H]3C[C@H]2O)CC1. The van der Waals surface area contributed by atoms with Gasteiger partial charge in [0, 0.05) is 56.9 Å². The van der Waals surface area contributed by atoms with Crippen LogP contribution in [0.1, 0.15) is 23.3 Å². The lowest BCUT2D eigenvalue weighted by molar-refractivity contribution is -0.0249. The smallest absolute Gasteiger partial charge is 0.272 e. The number of benzene rings is 1. The molecule has 5 rings (SSSR count). The monoisotopic (exact) mass is 394 g/mol. The van der Waals surface area contributed by atoms with Gasteiger partial charge in [0.2, 0.25) is 0 Å². The van der Waals surface area contributed by atoms with E-state index < -0.39 is 0 Å². The van der Waals surface area contributed by atoms with Gasteiger partial charge in [-0.1, -0.05) is 24.3 Å². The molecule has 1 N–H and O–H groups in total. The summed E-state index contributed by atoms with van der Waals surface area (Å²) < 4.78 is 0. The lowest BCUT2D eigenvalue weighted by atomic mass is 9.77. The fourth-order valence-corrected chi connectivity index (χ4v) is 5.48. The van der Waals surface area contributed by atoms with Crippen molar-refractivity contribution < 1.29 is 9.90 Å². The van der Waals surface area contributed by atoms with Crippen molar-refractivity contribution in [3.63, 3.8) is 0 Å². The molecule has 0 unspecified atom stereocenters. The highest BCUT2D eigenvalue weighted by Gasteiger charge is 2.45. The number of likely N-dealkylation sites (tertiary alicyclic amines) is 1. The summed E-state index contributed by atoms with van der Waals surface area (Å²) in [5.41, 5.74) is 0.526. The number of hydrogen-bond donors (Lipinski definition) is 1. The van der Waals surface area contributed by atoms with E-state index in [-0.39, 0.29) is 18.1 Å². The predicted octanol–water partition coefficient (Wildman–Crippen LogP) is 1.69. The Hall–Kier alpha value is -2.02. The number of hydrogen-bond acceptors (Lipinski definition) is 5. The molecule has 154 valence electrons. The van der Waals surface area contributed by atoms with Gasteiger partial charge in [0.05, 0.1) is 6.10 Å². The van der Waals surface area contributed by atoms with E-state index in [4.69, 9.17) is 0 Å². The molecule has 1 aromatic carbocycles. The van der Waals surface area contributed by atoms with E-state index in [0.29, 0.717) is 17.5 Å². The minimum atomic E-state index is -0.284. The number of likely N-dealkylation sites (N-methyl/N-ethyl adjacent to an activating group) is 1. The van der Waals surface area contributed by atoms with Crippen LogP contribution in [0, 0.1) is 11.8 Å². The minimum absolute atomic E-state index is 0.0239. The molecule has 0 spiro atoms. The number of aliphatic hydroxyl groups excluding tert-OH is 1. The molecular formula is C23H30N4O2. The molecule has 1 aliphatic carbocycles. The van der Waals surface area contributed by atoms with Crippen LogP contribution in [0.5, 0.6) is 0 Å². The number of amides is 1. The number of carbonyl (C=O) groups is 1. The molecule has 2 aliphatic heterocycles. The van der Waals surface area contributed by atoms with Crippen molar-refractivity contribution in [3.8, 4) is 0 Å². The van der Waals surface area contributed by atoms with E-state index in [2.05, 4.69) is 21.8 Å². The molecule has 2 aromatic rings. The minimum Gasteiger partial charge on any atom is -0.391 e. The number of aromatic nitrogens is 1. The number of carbonyl (C=O) groups excluding carboxylic acids is 1. The van der Waals surface area contributed by atoms with E-state index in [1.165, 1.54) is 0 Å². The highest BCUT2D eigenvalue weighted by atomic mass is 16.3. The van der Waals surface area contributed by atoms with E-state index in [1.54, 1.807) is 6.20 Å². The zero-order valence-corrected chi connectivity index (χ0v) is 17.1. The second-order valence-corrected chi connectivity index (χ2v) is 9.09. The molecule has 6 heteroatoms. The summed E-state index contributed by atoms with van der Waals surface area (Å²) in [7, 11) is 2.16. The molecule has 0 bridgehead atoms. The van der Waals surface area contributed by atoms with Crippen LogP contribution in [0.4, 0.5) is 0 Å². The third-order valence-electron chi connectivity index (χ3n) is 7.25. The first-order valence-corrected chi connectivity index (χ1v) is 10.8. The van der Waals surface area contributed by atoms with Crippen molar-refractivity contribution in [2.45, 2.75) is 25.0 Å². The van der Waals surface area contributed by atoms with E-state index in [0.717, 1.165) is 62.9 Å². The third kappa shape index (κ3) is 3.65. The topological polar surface area (TPSA) is 59.9 Å². The lowest BCUT2D eigenvalue weighted by Crippen LogP contribution is -2.55. The molecule has 3 heterocycles. The van der Waals surface area contributed by atoms with Gasteiger partial charge in [-0.3, -0.25) is 14.7 Å². The zero-order valence-electron chi connectivity index (χ0n) is 17.1. The van der Waals surface area contributed by atoms with Crippen LogP contribution in [-0.2, 0) is 0 Å². The van der Waals surface area contributed by atoms with Gasteiger partial charge in [0.25, 0.3) is 5.91 Å². The van der Waals surface area contributed by atoms with Gasteiger partial charge in [0.1, 0.15) is 5.69 Å². The molecule has 1 amide bonds. The Kier molecular flexibility index (Phi) is 5.02. The fourth-order valence-electron chi connectivity index (χ4n) is 5.48. The van der Waals surface area contributed by atoms with Crippen molar-refractivity contribution in [2.24, 2.45) is 11.8 Å². The van der Waals surface area contributed by atoms with Crippen LogP contribution in [0.3, 0.4) is 0 Å². The molecule has 2 saturated heterocycles. The molecule has 6 nitrogen and oxygen atoms in total. The first kappa shape index (κ1) is 19.0. The number of nitrogens with zero attached hydrogens (tertiary/aromatic N) is 4. The quantitative estimate of drug-likeness (QED) is 0.840. The number of fused-ring (bicyclic) bond motifs is 2. The van der Waals surface area contributed by atoms with Crippen molar-refractivity contribution in [2.75, 3.05) is 46.3 Å². The largest absolute Gasteiger partial charge is 0.391 e. The van der Waals surface area contributed by atoms with Gasteiger partial charge in [-0.25, -0.2) is 0 Å². The Morgan fingerprint density at radius 1 is 1.03 bits per heavy atom. The summed E-state index contributed by atoms with van der Waals surface area (Å²) in [5.74, 6) is 0.904. The maximum atomic E-state index is 13.1. The molecule has 1 saturated carbocycles. The third-order valence-corrected chi connectivity index (χ3v) is 7.25. The summed E-state index contributed by atoms with van der Waals surface area (Å²) in [6.07, 6.45) is 3.30. The maximum absolute atomic E-state index is 13.1. The second-order valence-electron chi connectivity index (χ2n) is 9.09. The average molecular weight is 395 g/mol. The summed E-state index contributed by atoms with van der Waals surface area (Å²) in [6, 6.07) is 10.1. The van der Waals surface area contributed by atoms with E-state index in [9.17, 15) is 9.90 Å². The Morgan fingerprint density at radius 3 is 2.48 bits per heavy atom. The maximum Gasteiger partial charge on any atom is 0.272 e. The number of aliphatic hydroxyl groups is 1. The van der Waals surface area contributed by atoms with E-state index >= 15 is 0 Å². The van der Waals surface area contributed by atoms with Gasteiger partial charge >= 0.3 is 0 Å². The Balaban J connectivity index is 1.28. The molecule has 3 aliphatic rings. The number of rotatable bonds is 2. The van der Waals surface area contributed by atoms with Crippen LogP contribution >= 0.6 is 0 Å². The Bertz CT molecular complexity index is 895. The normalized spacial score (nSPS) is 31.2. The molecule has 1 aromatic heterocycles. The molecule has 29 heavy (non-hydrogen) atoms. The van der Waals surface area contributed by atoms with Gasteiger partial charge in [-0.15, -0.1) is 0 Å². The molecule has 0 radical (unpaired) electrons. The van der Waals surface area contributed by atoms with Crippen molar-refractivity contribution in [1.29, 1.82) is 0 Å². The molecule has 3 fully saturated rings. The van der Waals surface area contributed by atoms with E-state index in [1.807, 2.05) is 35.2 Å². The second kappa shape index (κ2) is 7.67. The van der Waals surface area contributed by atoms with Gasteiger partial charge in [-0.05, 0) is 43.2 Å². The summed E-state index contributed by atoms with van der Waals surface area (Å²) in [4.78, 5) is 24.3. The average Bonchev–Trinajstić information content (AvgIpc) is 3.15. The predicted molar refractivity (Wildman–Crippen MR) is 113 cm³/mol. The number of pyridine rings is 1. The van der Waals surface area contributed by atoms with Crippen LogP contribution in [0.2, 0.25) is 0 Å². The zero-order chi connectivity index (χ0) is 20.0. The van der Waals surface area contributed by atoms with Gasteiger partial charge in [0.15, 0.2) is 0 Å². The van der Waals surface area contributed by atoms with Crippen LogP contribution in [0.25, 0.3) is 10.8 Å². The standard InChI is InChI=1S/C23H30N4O2/c1-25-6-8-26(9-7-25)21-11-18-14-27(15-19(18)12-22(21)28)23(29)20-10-16-4-2-3-5-17(16)13-24-20/h2-5,10,13,18-19,21-22,28H,6-9,11-12,14-15H2,1H3/t18-,19+,21-,22-/m1/s1. The summed E-state index contributed by atoms with van der Waals surface area (Å²) in [5, 5.41) is 12.9. The Labute approximate surface area is 172 Å². The number of piperazine rings is 1. The van der Waals surface area contributed by atoms with Gasteiger partial charge < -0.3 is 14.9 Å². The summed E-state index contributed by atoms with van der Waals surface area (Å²) in [6.45, 7) is 5.71. The van der Waals surface area contributed by atoms with Crippen LogP contribution < -0.4 is 0 Å². The Morgan fingerprint density at radius 2 is 1.72 bits per heavy atom. The van der Waals surface area contributed by atoms with Crippen molar-refractivity contribution in [3.05, 3.63) is 42.2 Å². The highest BCUT2D eigenvalue weighted by molar-refractivity contribution is 5.96. The lowest BCUT2D eigenvalue weighted by Gasteiger charge is -2.44. The van der Waals surface area contributed by atoms with Crippen LogP contribution in [0.15, 0.2) is 36.5 Å². The van der Waals surface area contributed by atoms with Gasteiger partial charge in [-0.2, -0.15) is 0 Å². The van der Waals surface area contributed by atoms with Crippen molar-refractivity contribution >= 4 is 16.7 Å². The summed E-state index contributed by atoms with van der Waals surface area (Å²) >= 11 is 0. The molecular weight excluding hydrogens is 364 g/mol. The van der Waals surface area contributed by atoms with Crippen molar-refractivity contribution in [1.82, 2.24) is 19.7 Å². The molecule has 4 atom stereocenters. The fraction of sp³-hybridized carbons (Fsp3) is 0.565. The highest BCUT2D eigenvalue weighted by Crippen LogP contribution is 2.39. The first-order valence-electron chi connectivity index (χ1n) is 10.8. The van der Waals surface area contributed by atoms with Crippen LogP contribution in [-0.4, -0.2) is 89.2 Å².